The van der Waals surface area contributed by atoms with Crippen LogP contribution in [-0.2, 0) is 4.79 Å². The van der Waals surface area contributed by atoms with Gasteiger partial charge in [0.25, 0.3) is 0 Å². The van der Waals surface area contributed by atoms with Crippen molar-refractivity contribution < 1.29 is 9.18 Å². The first-order valence-corrected chi connectivity index (χ1v) is 7.45. The number of carbonyl (C=O) groups excluding carboxylic acids is 1. The van der Waals surface area contributed by atoms with Crippen molar-refractivity contribution in [2.24, 2.45) is 0 Å². The van der Waals surface area contributed by atoms with E-state index in [9.17, 15) is 9.18 Å². The molecule has 0 saturated carbocycles. The highest BCUT2D eigenvalue weighted by Gasteiger charge is 2.43. The molecule has 96 valence electrons. The minimum absolute atomic E-state index is 0.00430. The molecular formula is C8H11B10FN2O. The Morgan fingerprint density at radius 2 is 2.05 bits per heavy atom. The summed E-state index contributed by atoms with van der Waals surface area (Å²) in [5.74, 6) is 1.74. The molecule has 0 aromatic rings. The lowest BCUT2D eigenvalue weighted by molar-refractivity contribution is -0.122. The molecule has 14 heteroatoms. The lowest BCUT2D eigenvalue weighted by atomic mass is 8.57. The van der Waals surface area contributed by atoms with Crippen LogP contribution < -0.4 is 10.6 Å². The van der Waals surface area contributed by atoms with Crippen LogP contribution in [0.15, 0.2) is 11.4 Å². The maximum atomic E-state index is 13.0. The second kappa shape index (κ2) is 7.55. The van der Waals surface area contributed by atoms with E-state index in [-0.39, 0.29) is 31.9 Å². The molecule has 2 atom stereocenters. The molecule has 0 aromatic heterocycles. The first-order valence-electron chi connectivity index (χ1n) is 7.45. The molecule has 0 bridgehead atoms. The van der Waals surface area contributed by atoms with Gasteiger partial charge in [0, 0.05) is 83.7 Å². The smallest absolute Gasteiger partial charge is 0.237 e. The van der Waals surface area contributed by atoms with Crippen molar-refractivity contribution in [2.75, 3.05) is 13.1 Å². The van der Waals surface area contributed by atoms with E-state index in [1.165, 1.54) is 0 Å². The van der Waals surface area contributed by atoms with E-state index in [1.54, 1.807) is 0 Å². The van der Waals surface area contributed by atoms with E-state index in [0.29, 0.717) is 6.54 Å². The van der Waals surface area contributed by atoms with Crippen molar-refractivity contribution >= 4 is 76.7 Å². The minimum Gasteiger partial charge on any atom is -0.352 e. The molecule has 1 amide bonds. The van der Waals surface area contributed by atoms with E-state index >= 15 is 0 Å². The zero-order chi connectivity index (χ0) is 16.4. The lowest BCUT2D eigenvalue weighted by Crippen LogP contribution is -2.64. The predicted octanol–water partition coefficient (Wildman–Crippen LogP) is -4.07. The van der Waals surface area contributed by atoms with Crippen LogP contribution in [0.4, 0.5) is 4.39 Å². The van der Waals surface area contributed by atoms with E-state index in [2.05, 4.69) is 10.6 Å². The van der Waals surface area contributed by atoms with E-state index < -0.39 is 31.4 Å². The summed E-state index contributed by atoms with van der Waals surface area (Å²) in [6.07, 6.45) is -2.92. The number of carbonyl (C=O) groups is 1. The van der Waals surface area contributed by atoms with Gasteiger partial charge in [0.15, 0.2) is 0 Å². The molecule has 10 radical (unpaired) electrons. The van der Waals surface area contributed by atoms with Crippen molar-refractivity contribution in [1.29, 1.82) is 0 Å². The van der Waals surface area contributed by atoms with Crippen LogP contribution in [0.1, 0.15) is 6.42 Å². The van der Waals surface area contributed by atoms with Crippen molar-refractivity contribution in [2.45, 2.75) is 18.6 Å². The van der Waals surface area contributed by atoms with Gasteiger partial charge >= 0.3 is 0 Å². The number of hydrogen-bond acceptors (Lipinski definition) is 2. The molecule has 2 heterocycles. The fourth-order valence-corrected chi connectivity index (χ4v) is 2.91. The first kappa shape index (κ1) is 18.1. The Morgan fingerprint density at radius 3 is 2.55 bits per heavy atom. The second-order valence-corrected chi connectivity index (χ2v) is 6.09. The summed E-state index contributed by atoms with van der Waals surface area (Å²) in [4.78, 5) is 11.9. The fourth-order valence-electron chi connectivity index (χ4n) is 2.91. The highest BCUT2D eigenvalue weighted by Crippen LogP contribution is 2.21. The Balaban J connectivity index is 1.79. The number of alkyl halides is 1. The molecule has 0 aliphatic carbocycles. The fraction of sp³-hybridized carbons (Fsp3) is 0.625. The number of hydrogen-bond donors (Lipinski definition) is 2. The highest BCUT2D eigenvalue weighted by atomic mass is 19.1. The summed E-state index contributed by atoms with van der Waals surface area (Å²) >= 11 is 0. The van der Waals surface area contributed by atoms with Gasteiger partial charge < -0.3 is 10.6 Å². The van der Waals surface area contributed by atoms with Crippen molar-refractivity contribution in [3.8, 4) is 0 Å². The Bertz CT molecular complexity index is 451. The lowest BCUT2D eigenvalue weighted by Gasteiger charge is -2.26. The van der Waals surface area contributed by atoms with Gasteiger partial charge in [-0.25, -0.2) is 4.39 Å². The molecule has 2 rings (SSSR count). The number of nitrogens with one attached hydrogen (secondary N) is 2. The van der Waals surface area contributed by atoms with E-state index in [0.717, 1.165) is 5.47 Å². The second-order valence-electron chi connectivity index (χ2n) is 6.09. The third kappa shape index (κ3) is 4.39. The number of rotatable bonds is 7. The van der Waals surface area contributed by atoms with Crippen LogP contribution in [0.25, 0.3) is 0 Å². The van der Waals surface area contributed by atoms with Gasteiger partial charge in [-0.3, -0.25) is 4.79 Å². The molecule has 0 spiro atoms. The molecular weight excluding hydrogens is 267 g/mol. The third-order valence-electron chi connectivity index (χ3n) is 4.32. The Hall–Kier alpha value is -0.251. The Kier molecular flexibility index (Phi) is 6.21. The number of amides is 1. The quantitative estimate of drug-likeness (QED) is 0.465. The van der Waals surface area contributed by atoms with Crippen LogP contribution in [0.5, 0.6) is 0 Å². The third-order valence-corrected chi connectivity index (χ3v) is 4.32. The molecule has 2 aliphatic heterocycles. The van der Waals surface area contributed by atoms with Crippen LogP contribution >= 0.6 is 0 Å². The molecule has 0 aromatic carbocycles. The average molecular weight is 278 g/mol. The topological polar surface area (TPSA) is 41.1 Å². The summed E-state index contributed by atoms with van der Waals surface area (Å²) in [6, 6.07) is -0.472. The molecule has 2 N–H and O–H groups in total. The van der Waals surface area contributed by atoms with Gasteiger partial charge in [0.2, 0.25) is 5.91 Å². The first-order chi connectivity index (χ1) is 10.3. The zero-order valence-corrected chi connectivity index (χ0v) is 12.4. The minimum atomic E-state index is -0.965. The summed E-state index contributed by atoms with van der Waals surface area (Å²) in [5, 5.41) is 5.61. The number of halogens is 1. The predicted molar refractivity (Wildman–Crippen MR) is 99.9 cm³/mol. The van der Waals surface area contributed by atoms with Crippen LogP contribution in [-0.4, -0.2) is 102 Å². The molecule has 2 aliphatic rings. The maximum Gasteiger partial charge on any atom is 0.237 e. The molecule has 22 heavy (non-hydrogen) atoms. The normalized spacial score (nSPS) is 22.8. The SMILES string of the molecule is [B]B([B])B([B])B(B([B])[B])B1C=C1CNC(=O)[C@@H]1C[C@@H](F)CN1. The molecule has 1 fully saturated rings. The van der Waals surface area contributed by atoms with Crippen molar-refractivity contribution in [3.05, 3.63) is 11.4 Å². The van der Waals surface area contributed by atoms with Crippen molar-refractivity contribution in [1.82, 2.24) is 10.6 Å². The van der Waals surface area contributed by atoms with Crippen LogP contribution in [0.2, 0.25) is 0 Å². The van der Waals surface area contributed by atoms with Gasteiger partial charge in [-0.1, -0.05) is 0 Å². The highest BCUT2D eigenvalue weighted by molar-refractivity contribution is 8.01. The maximum absolute atomic E-state index is 13.0. The largest absolute Gasteiger partial charge is 0.352 e. The standard InChI is InChI=1S/C8H11B10FN2O/c9-15(10)17(13)18(16(11)12)14-2-5(14)3-21-8(22)7-1-6(19)4-20-7/h2,6-7,20H,1,3-4H2,(H,21,22)/t6-,7+/m1/s1. The van der Waals surface area contributed by atoms with Gasteiger partial charge in [0.1, 0.15) is 12.8 Å². The van der Waals surface area contributed by atoms with E-state index in [1.807, 2.05) is 5.98 Å². The van der Waals surface area contributed by atoms with Crippen LogP contribution in [0.3, 0.4) is 0 Å². The Labute approximate surface area is 140 Å². The molecule has 0 unspecified atom stereocenters. The van der Waals surface area contributed by atoms with Crippen molar-refractivity contribution in [3.63, 3.8) is 0 Å². The average Bonchev–Trinajstić information content (AvgIpc) is 3.05. The summed E-state index contributed by atoms with van der Waals surface area (Å²) in [5.41, 5.74) is 0.991. The summed E-state index contributed by atoms with van der Waals surface area (Å²) in [7, 11) is 28.7. The zero-order valence-electron chi connectivity index (χ0n) is 12.4. The monoisotopic (exact) mass is 280 g/mol. The van der Waals surface area contributed by atoms with Gasteiger partial charge in [-0.05, 0) is 0 Å². The summed E-state index contributed by atoms with van der Waals surface area (Å²) < 4.78 is 13.0. The summed E-state index contributed by atoms with van der Waals surface area (Å²) in [6.45, 7) is 0.584. The van der Waals surface area contributed by atoms with Crippen LogP contribution in [0, 0.1) is 0 Å². The molecule has 1 saturated heterocycles. The Morgan fingerprint density at radius 1 is 1.36 bits per heavy atom. The molecule has 3 nitrogen and oxygen atoms in total. The van der Waals surface area contributed by atoms with Gasteiger partial charge in [0.05, 0.1) is 6.04 Å². The van der Waals surface area contributed by atoms with Gasteiger partial charge in [-0.2, -0.15) is 0 Å². The van der Waals surface area contributed by atoms with Gasteiger partial charge in [-0.15, -0.1) is 11.4 Å². The van der Waals surface area contributed by atoms with E-state index in [4.69, 9.17) is 38.7 Å².